The Morgan fingerprint density at radius 2 is 1.82 bits per heavy atom. The van der Waals surface area contributed by atoms with Crippen LogP contribution in [-0.2, 0) is 4.79 Å². The SMILES string of the molecule is CC(C)/C(O)=C(\[N+]#N)C(NC(=O)C(Cl)(Cl)Cl)c1ccccc1. The van der Waals surface area contributed by atoms with Gasteiger partial charge in [-0.25, -0.2) is 0 Å². The Labute approximate surface area is 143 Å². The van der Waals surface area contributed by atoms with E-state index in [0.717, 1.165) is 0 Å². The summed E-state index contributed by atoms with van der Waals surface area (Å²) in [6, 6.07) is 7.64. The zero-order chi connectivity index (χ0) is 16.9. The quantitative estimate of drug-likeness (QED) is 0.470. The summed E-state index contributed by atoms with van der Waals surface area (Å²) in [5, 5.41) is 21.8. The average Bonchev–Trinajstić information content (AvgIpc) is 2.46. The molecular weight excluding hydrogens is 349 g/mol. The number of hydrogen-bond acceptors (Lipinski definition) is 3. The average molecular weight is 364 g/mol. The van der Waals surface area contributed by atoms with Crippen molar-refractivity contribution in [3.8, 4) is 0 Å². The second-order valence-corrected chi connectivity index (χ2v) is 7.12. The number of halogens is 3. The van der Waals surface area contributed by atoms with Gasteiger partial charge in [-0.15, -0.1) is 0 Å². The van der Waals surface area contributed by atoms with Gasteiger partial charge in [-0.3, -0.25) is 4.79 Å². The maximum absolute atomic E-state index is 11.9. The van der Waals surface area contributed by atoms with Gasteiger partial charge in [0.15, 0.2) is 16.8 Å². The van der Waals surface area contributed by atoms with Crippen LogP contribution in [0.4, 0.5) is 0 Å². The number of nitrogens with one attached hydrogen (secondary N) is 1. The summed E-state index contributed by atoms with van der Waals surface area (Å²) in [6.07, 6.45) is 0. The molecule has 0 aromatic heterocycles. The highest BCUT2D eigenvalue weighted by molar-refractivity contribution is 6.76. The summed E-state index contributed by atoms with van der Waals surface area (Å²) < 4.78 is -2.18. The first-order valence-corrected chi connectivity index (χ1v) is 7.52. The van der Waals surface area contributed by atoms with Crippen molar-refractivity contribution < 1.29 is 9.90 Å². The molecule has 1 aromatic carbocycles. The fraction of sp³-hybridized carbons (Fsp3) is 0.357. The fourth-order valence-electron chi connectivity index (χ4n) is 1.72. The van der Waals surface area contributed by atoms with Crippen molar-refractivity contribution in [3.05, 3.63) is 52.3 Å². The van der Waals surface area contributed by atoms with E-state index in [2.05, 4.69) is 10.3 Å². The number of aliphatic hydroxyl groups is 1. The molecular formula is C14H15Cl3N3O2+. The van der Waals surface area contributed by atoms with Crippen LogP contribution in [0.3, 0.4) is 0 Å². The molecule has 118 valence electrons. The van der Waals surface area contributed by atoms with Gasteiger partial charge in [0, 0.05) is 5.92 Å². The zero-order valence-corrected chi connectivity index (χ0v) is 14.2. The Bertz CT molecular complexity index is 604. The molecule has 0 aliphatic rings. The highest BCUT2D eigenvalue weighted by atomic mass is 35.6. The van der Waals surface area contributed by atoms with Crippen molar-refractivity contribution >= 4 is 40.7 Å². The van der Waals surface area contributed by atoms with Crippen molar-refractivity contribution in [1.29, 1.82) is 5.39 Å². The maximum Gasteiger partial charge on any atom is 0.425 e. The lowest BCUT2D eigenvalue weighted by molar-refractivity contribution is -0.120. The van der Waals surface area contributed by atoms with Gasteiger partial charge >= 0.3 is 5.70 Å². The Kier molecular flexibility index (Phi) is 6.48. The third-order valence-electron chi connectivity index (χ3n) is 2.86. The molecule has 1 unspecified atom stereocenters. The minimum atomic E-state index is -2.18. The second kappa shape index (κ2) is 7.68. The van der Waals surface area contributed by atoms with Gasteiger partial charge in [0.05, 0.1) is 0 Å². The number of hydrogen-bond donors (Lipinski definition) is 2. The molecule has 0 bridgehead atoms. The van der Waals surface area contributed by atoms with E-state index < -0.39 is 15.7 Å². The van der Waals surface area contributed by atoms with E-state index in [0.29, 0.717) is 5.56 Å². The van der Waals surface area contributed by atoms with Crippen molar-refractivity contribution in [2.45, 2.75) is 23.7 Å². The van der Waals surface area contributed by atoms with Gasteiger partial charge in [-0.2, -0.15) is 0 Å². The van der Waals surface area contributed by atoms with E-state index in [9.17, 15) is 15.3 Å². The maximum atomic E-state index is 11.9. The summed E-state index contributed by atoms with van der Waals surface area (Å²) >= 11 is 16.7. The molecule has 1 aromatic rings. The van der Waals surface area contributed by atoms with Gasteiger partial charge in [0.2, 0.25) is 5.39 Å². The molecule has 0 radical (unpaired) electrons. The fourth-order valence-corrected chi connectivity index (χ4v) is 1.88. The molecule has 2 N–H and O–H groups in total. The molecule has 0 aliphatic carbocycles. The predicted molar refractivity (Wildman–Crippen MR) is 87.2 cm³/mol. The standard InChI is InChI=1S/C14H14Cl3N3O2/c1-8(2)12(21)11(20-18)10(9-6-4-3-5-7-9)19-13(22)14(15,16)17/h3-8,10H,1-2H3,(H-,19,21,22)/p+1/b12-11+. The minimum Gasteiger partial charge on any atom is -0.505 e. The van der Waals surface area contributed by atoms with Crippen LogP contribution >= 0.6 is 34.8 Å². The summed E-state index contributed by atoms with van der Waals surface area (Å²) in [5.74, 6) is -1.40. The molecule has 0 heterocycles. The minimum absolute atomic E-state index is 0.121. The summed E-state index contributed by atoms with van der Waals surface area (Å²) in [7, 11) is 0. The van der Waals surface area contributed by atoms with E-state index in [4.69, 9.17) is 34.8 Å². The molecule has 1 atom stereocenters. The van der Waals surface area contributed by atoms with Gasteiger partial charge in [-0.1, -0.05) is 79.0 Å². The molecule has 0 saturated heterocycles. The monoisotopic (exact) mass is 362 g/mol. The number of benzene rings is 1. The Morgan fingerprint density at radius 1 is 1.27 bits per heavy atom. The number of carbonyl (C=O) groups is 1. The molecule has 22 heavy (non-hydrogen) atoms. The number of allylic oxidation sites excluding steroid dienone is 1. The number of alkyl halides is 3. The van der Waals surface area contributed by atoms with Gasteiger partial charge in [0.1, 0.15) is 0 Å². The van der Waals surface area contributed by atoms with Crippen molar-refractivity contribution in [3.63, 3.8) is 0 Å². The van der Waals surface area contributed by atoms with Crippen LogP contribution < -0.4 is 5.32 Å². The molecule has 5 nitrogen and oxygen atoms in total. The Balaban J connectivity index is 3.33. The molecule has 1 rings (SSSR count). The number of aliphatic hydroxyl groups excluding tert-OH is 1. The molecule has 0 saturated carbocycles. The smallest absolute Gasteiger partial charge is 0.425 e. The van der Waals surface area contributed by atoms with E-state index in [1.54, 1.807) is 44.2 Å². The van der Waals surface area contributed by atoms with E-state index >= 15 is 0 Å². The highest BCUT2D eigenvalue weighted by Crippen LogP contribution is 2.31. The van der Waals surface area contributed by atoms with Crippen molar-refractivity contribution in [1.82, 2.24) is 5.32 Å². The third kappa shape index (κ3) is 4.77. The summed E-state index contributed by atoms with van der Waals surface area (Å²) in [6.45, 7) is 3.42. The lowest BCUT2D eigenvalue weighted by Gasteiger charge is -2.17. The lowest BCUT2D eigenvalue weighted by Crippen LogP contribution is -2.38. The molecule has 0 spiro atoms. The third-order valence-corrected chi connectivity index (χ3v) is 3.37. The van der Waals surface area contributed by atoms with Crippen molar-refractivity contribution in [2.75, 3.05) is 0 Å². The van der Waals surface area contributed by atoms with E-state index in [1.165, 1.54) is 0 Å². The second-order valence-electron chi connectivity index (χ2n) is 4.84. The van der Waals surface area contributed by atoms with Crippen LogP contribution in [0.15, 0.2) is 41.8 Å². The summed E-state index contributed by atoms with van der Waals surface area (Å²) in [5.41, 5.74) is 0.439. The van der Waals surface area contributed by atoms with Crippen LogP contribution in [0.5, 0.6) is 0 Å². The zero-order valence-electron chi connectivity index (χ0n) is 11.9. The van der Waals surface area contributed by atoms with Gasteiger partial charge in [0.25, 0.3) is 9.70 Å². The van der Waals surface area contributed by atoms with Crippen LogP contribution in [0.2, 0.25) is 0 Å². The predicted octanol–water partition coefficient (Wildman–Crippen LogP) is 4.49. The number of rotatable bonds is 4. The summed E-state index contributed by atoms with van der Waals surface area (Å²) in [4.78, 5) is 15.0. The number of amides is 1. The lowest BCUT2D eigenvalue weighted by atomic mass is 10.00. The topological polar surface area (TPSA) is 77.5 Å². The first kappa shape index (κ1) is 18.6. The van der Waals surface area contributed by atoms with E-state index in [1.807, 2.05) is 0 Å². The van der Waals surface area contributed by atoms with Crippen molar-refractivity contribution in [2.24, 2.45) is 5.92 Å². The van der Waals surface area contributed by atoms with Gasteiger partial charge in [-0.05, 0) is 5.56 Å². The number of carbonyl (C=O) groups excluding carboxylic acids is 1. The molecule has 1 amide bonds. The Hall–Kier alpha value is -1.48. The molecule has 0 fully saturated rings. The van der Waals surface area contributed by atoms with Crippen LogP contribution in [0.25, 0.3) is 4.98 Å². The van der Waals surface area contributed by atoms with E-state index in [-0.39, 0.29) is 17.4 Å². The molecule has 0 aliphatic heterocycles. The normalized spacial score (nSPS) is 14.0. The largest absolute Gasteiger partial charge is 0.505 e. The first-order chi connectivity index (χ1) is 10.2. The van der Waals surface area contributed by atoms with Gasteiger partial charge < -0.3 is 10.4 Å². The van der Waals surface area contributed by atoms with Crippen LogP contribution in [0, 0.1) is 11.3 Å². The first-order valence-electron chi connectivity index (χ1n) is 6.39. The number of nitrogens with zero attached hydrogens (tertiary/aromatic N) is 2. The highest BCUT2D eigenvalue weighted by Gasteiger charge is 2.39. The van der Waals surface area contributed by atoms with Crippen LogP contribution in [-0.4, -0.2) is 14.8 Å². The number of diazo groups is 1. The molecule has 8 heteroatoms. The van der Waals surface area contributed by atoms with Crippen LogP contribution in [0.1, 0.15) is 25.5 Å². The Morgan fingerprint density at radius 3 is 2.23 bits per heavy atom.